The molecule has 14 heavy (non-hydrogen) atoms. The van der Waals surface area contributed by atoms with Crippen molar-refractivity contribution in [2.24, 2.45) is 5.73 Å². The molecular formula is C11H16ClNO. The van der Waals surface area contributed by atoms with E-state index in [1.165, 1.54) is 0 Å². The fraction of sp³-hybridized carbons (Fsp3) is 0.455. The SMILES string of the molecule is COc1c(C)ccc(Cl)c1CC(C)N. The third kappa shape index (κ3) is 2.40. The first-order valence-electron chi connectivity index (χ1n) is 4.63. The Hall–Kier alpha value is -0.730. The van der Waals surface area contributed by atoms with Gasteiger partial charge in [-0.05, 0) is 31.9 Å². The van der Waals surface area contributed by atoms with Crippen molar-refractivity contribution in [1.29, 1.82) is 0 Å². The van der Waals surface area contributed by atoms with Crippen LogP contribution < -0.4 is 10.5 Å². The van der Waals surface area contributed by atoms with E-state index in [-0.39, 0.29) is 6.04 Å². The van der Waals surface area contributed by atoms with Gasteiger partial charge < -0.3 is 10.5 Å². The zero-order valence-corrected chi connectivity index (χ0v) is 9.56. The number of aryl methyl sites for hydroxylation is 1. The molecule has 1 aromatic carbocycles. The Bertz CT molecular complexity index is 323. The summed E-state index contributed by atoms with van der Waals surface area (Å²) in [5.74, 6) is 0.856. The van der Waals surface area contributed by atoms with Gasteiger partial charge >= 0.3 is 0 Å². The number of hydrogen-bond donors (Lipinski definition) is 1. The van der Waals surface area contributed by atoms with Crippen molar-refractivity contribution in [2.45, 2.75) is 26.3 Å². The van der Waals surface area contributed by atoms with Crippen LogP contribution in [0.1, 0.15) is 18.1 Å². The van der Waals surface area contributed by atoms with E-state index in [9.17, 15) is 0 Å². The molecular weight excluding hydrogens is 198 g/mol. The minimum Gasteiger partial charge on any atom is -0.496 e. The summed E-state index contributed by atoms with van der Waals surface area (Å²) in [6.07, 6.45) is 0.740. The summed E-state index contributed by atoms with van der Waals surface area (Å²) in [4.78, 5) is 0. The zero-order chi connectivity index (χ0) is 10.7. The van der Waals surface area contributed by atoms with Crippen molar-refractivity contribution >= 4 is 11.6 Å². The Kier molecular flexibility index (Phi) is 3.78. The van der Waals surface area contributed by atoms with Gasteiger partial charge in [-0.3, -0.25) is 0 Å². The summed E-state index contributed by atoms with van der Waals surface area (Å²) in [7, 11) is 1.66. The van der Waals surface area contributed by atoms with Crippen LogP contribution in [0, 0.1) is 6.92 Å². The molecule has 0 saturated carbocycles. The van der Waals surface area contributed by atoms with Gasteiger partial charge in [0, 0.05) is 16.6 Å². The highest BCUT2D eigenvalue weighted by Gasteiger charge is 2.11. The number of rotatable bonds is 3. The van der Waals surface area contributed by atoms with Gasteiger partial charge in [-0.1, -0.05) is 17.7 Å². The molecule has 78 valence electrons. The van der Waals surface area contributed by atoms with Crippen molar-refractivity contribution in [3.8, 4) is 5.75 Å². The summed E-state index contributed by atoms with van der Waals surface area (Å²) >= 11 is 6.09. The quantitative estimate of drug-likeness (QED) is 0.838. The van der Waals surface area contributed by atoms with E-state index in [0.29, 0.717) is 0 Å². The first kappa shape index (κ1) is 11.3. The van der Waals surface area contributed by atoms with E-state index in [1.807, 2.05) is 26.0 Å². The lowest BCUT2D eigenvalue weighted by Gasteiger charge is -2.14. The normalized spacial score (nSPS) is 12.6. The molecule has 0 bridgehead atoms. The molecule has 1 atom stereocenters. The van der Waals surface area contributed by atoms with Gasteiger partial charge in [-0.25, -0.2) is 0 Å². The van der Waals surface area contributed by atoms with Gasteiger partial charge in [0.2, 0.25) is 0 Å². The lowest BCUT2D eigenvalue weighted by Crippen LogP contribution is -2.18. The van der Waals surface area contributed by atoms with Crippen LogP contribution in [-0.2, 0) is 6.42 Å². The molecule has 0 saturated heterocycles. The highest BCUT2D eigenvalue weighted by Crippen LogP contribution is 2.30. The molecule has 0 amide bonds. The monoisotopic (exact) mass is 213 g/mol. The molecule has 0 heterocycles. The average molecular weight is 214 g/mol. The van der Waals surface area contributed by atoms with Gasteiger partial charge in [0.15, 0.2) is 0 Å². The zero-order valence-electron chi connectivity index (χ0n) is 8.80. The Morgan fingerprint density at radius 3 is 2.64 bits per heavy atom. The smallest absolute Gasteiger partial charge is 0.126 e. The van der Waals surface area contributed by atoms with Crippen molar-refractivity contribution < 1.29 is 4.74 Å². The largest absolute Gasteiger partial charge is 0.496 e. The minimum absolute atomic E-state index is 0.0863. The lowest BCUT2D eigenvalue weighted by molar-refractivity contribution is 0.405. The fourth-order valence-corrected chi connectivity index (χ4v) is 1.74. The second-order valence-corrected chi connectivity index (χ2v) is 3.96. The predicted octanol–water partition coefficient (Wildman–Crippen LogP) is 2.55. The molecule has 0 fully saturated rings. The van der Waals surface area contributed by atoms with Crippen LogP contribution in [0.25, 0.3) is 0 Å². The summed E-state index contributed by atoms with van der Waals surface area (Å²) in [5.41, 5.74) is 7.85. The fourth-order valence-electron chi connectivity index (χ4n) is 1.52. The third-order valence-electron chi connectivity index (χ3n) is 2.13. The number of hydrogen-bond acceptors (Lipinski definition) is 2. The molecule has 0 aromatic heterocycles. The van der Waals surface area contributed by atoms with Crippen molar-refractivity contribution in [1.82, 2.24) is 0 Å². The molecule has 0 aliphatic carbocycles. The number of ether oxygens (including phenoxy) is 1. The molecule has 1 aromatic rings. The molecule has 1 rings (SSSR count). The van der Waals surface area contributed by atoms with Crippen LogP contribution >= 0.6 is 11.6 Å². The van der Waals surface area contributed by atoms with Gasteiger partial charge in [-0.15, -0.1) is 0 Å². The van der Waals surface area contributed by atoms with Crippen molar-refractivity contribution in [3.05, 3.63) is 28.3 Å². The maximum Gasteiger partial charge on any atom is 0.126 e. The van der Waals surface area contributed by atoms with Crippen LogP contribution in [0.4, 0.5) is 0 Å². The number of halogens is 1. The number of benzene rings is 1. The minimum atomic E-state index is 0.0863. The third-order valence-corrected chi connectivity index (χ3v) is 2.48. The van der Waals surface area contributed by atoms with Gasteiger partial charge in [0.25, 0.3) is 0 Å². The second kappa shape index (κ2) is 4.67. The number of nitrogens with two attached hydrogens (primary N) is 1. The molecule has 0 aliphatic rings. The van der Waals surface area contributed by atoms with Crippen molar-refractivity contribution in [2.75, 3.05) is 7.11 Å². The van der Waals surface area contributed by atoms with Crippen LogP contribution in [0.2, 0.25) is 5.02 Å². The highest BCUT2D eigenvalue weighted by molar-refractivity contribution is 6.31. The highest BCUT2D eigenvalue weighted by atomic mass is 35.5. The van der Waals surface area contributed by atoms with Gasteiger partial charge in [-0.2, -0.15) is 0 Å². The van der Waals surface area contributed by atoms with E-state index in [1.54, 1.807) is 7.11 Å². The lowest BCUT2D eigenvalue weighted by atomic mass is 10.0. The van der Waals surface area contributed by atoms with E-state index >= 15 is 0 Å². The molecule has 0 spiro atoms. The maximum atomic E-state index is 6.09. The predicted molar refractivity (Wildman–Crippen MR) is 60.1 cm³/mol. The molecule has 3 heteroatoms. The topological polar surface area (TPSA) is 35.2 Å². The second-order valence-electron chi connectivity index (χ2n) is 3.56. The van der Waals surface area contributed by atoms with Crippen LogP contribution in [0.3, 0.4) is 0 Å². The summed E-state index contributed by atoms with van der Waals surface area (Å²) < 4.78 is 5.32. The first-order chi connectivity index (χ1) is 6.56. The Morgan fingerprint density at radius 2 is 2.14 bits per heavy atom. The average Bonchev–Trinajstić information content (AvgIpc) is 2.11. The standard InChI is InChI=1S/C11H16ClNO/c1-7-4-5-10(12)9(6-8(2)13)11(7)14-3/h4-5,8H,6,13H2,1-3H3. The van der Waals surface area contributed by atoms with Gasteiger partial charge in [0.1, 0.15) is 5.75 Å². The van der Waals surface area contributed by atoms with E-state index in [4.69, 9.17) is 22.1 Å². The summed E-state index contributed by atoms with van der Waals surface area (Å²) in [6.45, 7) is 3.96. The van der Waals surface area contributed by atoms with Crippen molar-refractivity contribution in [3.63, 3.8) is 0 Å². The first-order valence-corrected chi connectivity index (χ1v) is 5.01. The molecule has 0 aliphatic heterocycles. The summed E-state index contributed by atoms with van der Waals surface area (Å²) in [5, 5.41) is 0.727. The molecule has 1 unspecified atom stereocenters. The van der Waals surface area contributed by atoms with E-state index in [2.05, 4.69) is 0 Å². The van der Waals surface area contributed by atoms with Crippen LogP contribution in [0.15, 0.2) is 12.1 Å². The Balaban J connectivity index is 3.16. The Morgan fingerprint density at radius 1 is 1.50 bits per heavy atom. The van der Waals surface area contributed by atoms with Gasteiger partial charge in [0.05, 0.1) is 7.11 Å². The Labute approximate surface area is 90.0 Å². The van der Waals surface area contributed by atoms with Crippen LogP contribution in [-0.4, -0.2) is 13.2 Å². The van der Waals surface area contributed by atoms with E-state index < -0.39 is 0 Å². The number of methoxy groups -OCH3 is 1. The molecule has 0 radical (unpaired) electrons. The molecule has 2 N–H and O–H groups in total. The van der Waals surface area contributed by atoms with Crippen LogP contribution in [0.5, 0.6) is 5.75 Å². The van der Waals surface area contributed by atoms with E-state index in [0.717, 1.165) is 28.3 Å². The molecule has 2 nitrogen and oxygen atoms in total. The maximum absolute atomic E-state index is 6.09. The summed E-state index contributed by atoms with van der Waals surface area (Å²) in [6, 6.07) is 3.92.